The third kappa shape index (κ3) is 1.30. The van der Waals surface area contributed by atoms with Crippen molar-refractivity contribution in [3.8, 4) is 0 Å². The second kappa shape index (κ2) is 3.13. The minimum absolute atomic E-state index is 0.0891. The SMILES string of the molecule is CC1C(Br)=C(CO)N(C)N1C. The molecule has 0 saturated carbocycles. The lowest BCUT2D eigenvalue weighted by molar-refractivity contribution is 0.0577. The predicted molar refractivity (Wildman–Crippen MR) is 48.0 cm³/mol. The normalized spacial score (nSPS) is 27.0. The first-order valence-corrected chi connectivity index (χ1v) is 4.34. The summed E-state index contributed by atoms with van der Waals surface area (Å²) in [5.74, 6) is 0. The summed E-state index contributed by atoms with van der Waals surface area (Å²) in [6.07, 6.45) is 0. The minimum Gasteiger partial charge on any atom is -0.390 e. The second-order valence-corrected chi connectivity index (χ2v) is 3.58. The van der Waals surface area contributed by atoms with Crippen molar-refractivity contribution in [2.45, 2.75) is 13.0 Å². The molecule has 0 radical (unpaired) electrons. The quantitative estimate of drug-likeness (QED) is 0.708. The monoisotopic (exact) mass is 220 g/mol. The predicted octanol–water partition coefficient (Wildman–Crippen LogP) is 0.766. The summed E-state index contributed by atoms with van der Waals surface area (Å²) >= 11 is 3.45. The van der Waals surface area contributed by atoms with Crippen molar-refractivity contribution >= 4 is 15.9 Å². The van der Waals surface area contributed by atoms with E-state index in [-0.39, 0.29) is 6.61 Å². The van der Waals surface area contributed by atoms with Crippen LogP contribution in [-0.4, -0.2) is 41.9 Å². The third-order valence-corrected chi connectivity index (χ3v) is 3.34. The molecule has 1 aliphatic heterocycles. The summed E-state index contributed by atoms with van der Waals surface area (Å²) in [5, 5.41) is 13.0. The molecule has 0 aromatic rings. The zero-order valence-electron chi connectivity index (χ0n) is 7.00. The number of rotatable bonds is 1. The lowest BCUT2D eigenvalue weighted by Crippen LogP contribution is -2.35. The number of aliphatic hydroxyl groups excluding tert-OH is 1. The van der Waals surface area contributed by atoms with Gasteiger partial charge in [-0.1, -0.05) is 15.9 Å². The number of aliphatic hydroxyl groups is 1. The van der Waals surface area contributed by atoms with Crippen molar-refractivity contribution in [1.29, 1.82) is 0 Å². The molecule has 0 saturated heterocycles. The number of hydrogen-bond acceptors (Lipinski definition) is 3. The van der Waals surface area contributed by atoms with E-state index < -0.39 is 0 Å². The molecule has 1 aliphatic rings. The fraction of sp³-hybridized carbons (Fsp3) is 0.714. The van der Waals surface area contributed by atoms with Crippen LogP contribution in [0.4, 0.5) is 0 Å². The van der Waals surface area contributed by atoms with E-state index >= 15 is 0 Å². The van der Waals surface area contributed by atoms with Crippen molar-refractivity contribution < 1.29 is 5.11 Å². The maximum absolute atomic E-state index is 8.99. The van der Waals surface area contributed by atoms with Crippen LogP contribution in [0.15, 0.2) is 10.2 Å². The van der Waals surface area contributed by atoms with E-state index in [1.807, 2.05) is 19.1 Å². The van der Waals surface area contributed by atoms with Gasteiger partial charge in [0.1, 0.15) is 0 Å². The van der Waals surface area contributed by atoms with Crippen LogP contribution in [0.5, 0.6) is 0 Å². The van der Waals surface area contributed by atoms with E-state index in [4.69, 9.17) is 5.11 Å². The van der Waals surface area contributed by atoms with Gasteiger partial charge in [0.2, 0.25) is 0 Å². The van der Waals surface area contributed by atoms with Crippen molar-refractivity contribution in [1.82, 2.24) is 10.0 Å². The first-order chi connectivity index (χ1) is 5.09. The topological polar surface area (TPSA) is 26.7 Å². The number of hydrazine groups is 1. The molecule has 3 nitrogen and oxygen atoms in total. The molecule has 0 spiro atoms. The Morgan fingerprint density at radius 2 is 2.09 bits per heavy atom. The first kappa shape index (κ1) is 9.03. The lowest BCUT2D eigenvalue weighted by atomic mass is 10.3. The van der Waals surface area contributed by atoms with Gasteiger partial charge in [-0.2, -0.15) is 0 Å². The molecule has 0 fully saturated rings. The van der Waals surface area contributed by atoms with Crippen molar-refractivity contribution in [3.63, 3.8) is 0 Å². The van der Waals surface area contributed by atoms with E-state index in [1.165, 1.54) is 0 Å². The number of hydrogen-bond donors (Lipinski definition) is 1. The van der Waals surface area contributed by atoms with Crippen LogP contribution in [0.3, 0.4) is 0 Å². The third-order valence-electron chi connectivity index (χ3n) is 2.22. The van der Waals surface area contributed by atoms with Gasteiger partial charge < -0.3 is 10.1 Å². The molecule has 64 valence electrons. The molecule has 1 unspecified atom stereocenters. The van der Waals surface area contributed by atoms with Gasteiger partial charge in [-0.05, 0) is 6.92 Å². The molecule has 11 heavy (non-hydrogen) atoms. The fourth-order valence-corrected chi connectivity index (χ4v) is 1.87. The molecule has 1 atom stereocenters. The summed E-state index contributed by atoms with van der Waals surface area (Å²) in [4.78, 5) is 0. The largest absolute Gasteiger partial charge is 0.390 e. The van der Waals surface area contributed by atoms with E-state index in [1.54, 1.807) is 0 Å². The zero-order chi connectivity index (χ0) is 8.59. The van der Waals surface area contributed by atoms with Crippen molar-refractivity contribution in [2.24, 2.45) is 0 Å². The van der Waals surface area contributed by atoms with Gasteiger partial charge in [-0.25, -0.2) is 5.01 Å². The molecule has 0 amide bonds. The minimum atomic E-state index is 0.0891. The average molecular weight is 221 g/mol. The molecule has 0 aromatic carbocycles. The number of likely N-dealkylation sites (N-methyl/N-ethyl adjacent to an activating group) is 2. The van der Waals surface area contributed by atoms with Crippen LogP contribution in [0.2, 0.25) is 0 Å². The maximum Gasteiger partial charge on any atom is 0.0852 e. The van der Waals surface area contributed by atoms with Gasteiger partial charge in [-0.15, -0.1) is 0 Å². The smallest absolute Gasteiger partial charge is 0.0852 e. The molecule has 0 bridgehead atoms. The molecular formula is C7H13BrN2O. The van der Waals surface area contributed by atoms with Gasteiger partial charge >= 0.3 is 0 Å². The van der Waals surface area contributed by atoms with Crippen LogP contribution < -0.4 is 0 Å². The Labute approximate surface area is 75.4 Å². The summed E-state index contributed by atoms with van der Waals surface area (Å²) < 4.78 is 1.07. The van der Waals surface area contributed by atoms with Crippen LogP contribution >= 0.6 is 15.9 Å². The molecule has 1 N–H and O–H groups in total. The fourth-order valence-electron chi connectivity index (χ4n) is 1.19. The highest BCUT2D eigenvalue weighted by Crippen LogP contribution is 2.29. The average Bonchev–Trinajstić information content (AvgIpc) is 2.17. The standard InChI is InChI=1S/C7H13BrN2O/c1-5-7(8)6(4-11)10(3)9(5)2/h5,11H,4H2,1-3H3. The summed E-state index contributed by atoms with van der Waals surface area (Å²) in [6, 6.07) is 0.335. The molecule has 1 rings (SSSR count). The van der Waals surface area contributed by atoms with E-state index in [2.05, 4.69) is 27.9 Å². The van der Waals surface area contributed by atoms with E-state index in [0.717, 1.165) is 10.2 Å². The van der Waals surface area contributed by atoms with Crippen molar-refractivity contribution in [2.75, 3.05) is 20.7 Å². The Kier molecular flexibility index (Phi) is 2.57. The van der Waals surface area contributed by atoms with Gasteiger partial charge in [0.25, 0.3) is 0 Å². The van der Waals surface area contributed by atoms with Crippen molar-refractivity contribution in [3.05, 3.63) is 10.2 Å². The van der Waals surface area contributed by atoms with Gasteiger partial charge in [0.15, 0.2) is 0 Å². The highest BCUT2D eigenvalue weighted by molar-refractivity contribution is 9.11. The lowest BCUT2D eigenvalue weighted by Gasteiger charge is -2.26. The van der Waals surface area contributed by atoms with Crippen LogP contribution in [0.1, 0.15) is 6.92 Å². The Morgan fingerprint density at radius 1 is 1.55 bits per heavy atom. The Bertz CT molecular complexity index is 193. The molecule has 4 heteroatoms. The molecular weight excluding hydrogens is 208 g/mol. The zero-order valence-corrected chi connectivity index (χ0v) is 8.59. The molecule has 0 aromatic heterocycles. The van der Waals surface area contributed by atoms with Crippen LogP contribution in [-0.2, 0) is 0 Å². The van der Waals surface area contributed by atoms with Gasteiger partial charge in [0, 0.05) is 18.6 Å². The van der Waals surface area contributed by atoms with Crippen LogP contribution in [0.25, 0.3) is 0 Å². The van der Waals surface area contributed by atoms with Gasteiger partial charge in [-0.3, -0.25) is 0 Å². The Hall–Kier alpha value is -0.0600. The highest BCUT2D eigenvalue weighted by atomic mass is 79.9. The Morgan fingerprint density at radius 3 is 2.27 bits per heavy atom. The summed E-state index contributed by atoms with van der Waals surface area (Å²) in [5.41, 5.74) is 0.944. The molecule has 1 heterocycles. The first-order valence-electron chi connectivity index (χ1n) is 3.55. The number of halogens is 1. The maximum atomic E-state index is 8.99. The summed E-state index contributed by atoms with van der Waals surface area (Å²) in [6.45, 7) is 2.18. The van der Waals surface area contributed by atoms with Crippen LogP contribution in [0, 0.1) is 0 Å². The molecule has 0 aliphatic carbocycles. The number of nitrogens with zero attached hydrogens (tertiary/aromatic N) is 2. The van der Waals surface area contributed by atoms with Gasteiger partial charge in [0.05, 0.1) is 18.3 Å². The summed E-state index contributed by atoms with van der Waals surface area (Å²) in [7, 11) is 3.94. The second-order valence-electron chi connectivity index (χ2n) is 2.73. The van der Waals surface area contributed by atoms with E-state index in [0.29, 0.717) is 6.04 Å². The van der Waals surface area contributed by atoms with E-state index in [9.17, 15) is 0 Å². The highest BCUT2D eigenvalue weighted by Gasteiger charge is 2.28. The Balaban J connectivity index is 2.88.